The van der Waals surface area contributed by atoms with Crippen molar-refractivity contribution < 1.29 is 4.92 Å². The lowest BCUT2D eigenvalue weighted by atomic mass is 10.1. The fourth-order valence-corrected chi connectivity index (χ4v) is 1.53. The van der Waals surface area contributed by atoms with Gasteiger partial charge in [-0.15, -0.1) is 0 Å². The molecule has 0 bridgehead atoms. The van der Waals surface area contributed by atoms with Crippen LogP contribution in [0.1, 0.15) is 0 Å². The Bertz CT molecular complexity index is 618. The molecule has 0 unspecified atom stereocenters. The minimum atomic E-state index is -0.522. The van der Waals surface area contributed by atoms with Crippen molar-refractivity contribution in [3.8, 4) is 11.3 Å². The number of hydrogen-bond donors (Lipinski definition) is 1. The second-order valence-corrected chi connectivity index (χ2v) is 3.63. The molecule has 86 valence electrons. The van der Waals surface area contributed by atoms with E-state index in [1.165, 1.54) is 30.3 Å². The summed E-state index contributed by atoms with van der Waals surface area (Å²) in [6, 6.07) is 6.75. The van der Waals surface area contributed by atoms with Gasteiger partial charge in [0.15, 0.2) is 0 Å². The number of nitrogens with zero attached hydrogens (tertiary/aromatic N) is 2. The van der Waals surface area contributed by atoms with Crippen LogP contribution >= 0.6 is 11.6 Å². The van der Waals surface area contributed by atoms with Crippen LogP contribution < -0.4 is 5.56 Å². The Morgan fingerprint density at radius 3 is 2.65 bits per heavy atom. The van der Waals surface area contributed by atoms with Crippen molar-refractivity contribution >= 4 is 17.3 Å². The molecule has 0 aliphatic rings. The fourth-order valence-electron chi connectivity index (χ4n) is 1.32. The number of rotatable bonds is 2. The zero-order chi connectivity index (χ0) is 12.4. The van der Waals surface area contributed by atoms with Gasteiger partial charge in [0.2, 0.25) is 0 Å². The lowest BCUT2D eigenvalue weighted by Crippen LogP contribution is -2.05. The van der Waals surface area contributed by atoms with Gasteiger partial charge >= 0.3 is 0 Å². The third kappa shape index (κ3) is 2.31. The lowest BCUT2D eigenvalue weighted by Gasteiger charge is -2.02. The van der Waals surface area contributed by atoms with Gasteiger partial charge in [0, 0.05) is 23.8 Å². The highest BCUT2D eigenvalue weighted by Crippen LogP contribution is 2.29. The van der Waals surface area contributed by atoms with Gasteiger partial charge in [-0.3, -0.25) is 14.9 Å². The molecule has 1 heterocycles. The van der Waals surface area contributed by atoms with Crippen LogP contribution in [-0.4, -0.2) is 15.1 Å². The Hall–Kier alpha value is -2.21. The van der Waals surface area contributed by atoms with E-state index in [2.05, 4.69) is 10.2 Å². The molecule has 0 fully saturated rings. The van der Waals surface area contributed by atoms with Crippen molar-refractivity contribution in [2.45, 2.75) is 0 Å². The molecule has 0 aliphatic carbocycles. The molecule has 0 saturated heterocycles. The molecule has 17 heavy (non-hydrogen) atoms. The van der Waals surface area contributed by atoms with Crippen LogP contribution in [0.15, 0.2) is 35.1 Å². The number of nitrogens with one attached hydrogen (secondary N) is 1. The average Bonchev–Trinajstić information content (AvgIpc) is 2.31. The standard InChI is InChI=1S/C10H6ClN3O3/c11-8-2-1-6(14(16)17)5-7(8)9-3-4-10(15)13-12-9/h1-5H,(H,13,15). The van der Waals surface area contributed by atoms with E-state index in [1.54, 1.807) is 0 Å². The predicted octanol–water partition coefficient (Wildman–Crippen LogP) is 2.00. The van der Waals surface area contributed by atoms with E-state index in [9.17, 15) is 14.9 Å². The normalized spacial score (nSPS) is 10.2. The summed E-state index contributed by atoms with van der Waals surface area (Å²) in [6.45, 7) is 0. The predicted molar refractivity (Wildman–Crippen MR) is 62.0 cm³/mol. The summed E-state index contributed by atoms with van der Waals surface area (Å²) in [6.07, 6.45) is 0. The summed E-state index contributed by atoms with van der Waals surface area (Å²) in [4.78, 5) is 21.0. The molecule has 6 nitrogen and oxygen atoms in total. The summed E-state index contributed by atoms with van der Waals surface area (Å²) in [7, 11) is 0. The highest BCUT2D eigenvalue weighted by molar-refractivity contribution is 6.33. The molecule has 0 radical (unpaired) electrons. The Kier molecular flexibility index (Phi) is 2.88. The molecule has 0 amide bonds. The highest BCUT2D eigenvalue weighted by atomic mass is 35.5. The van der Waals surface area contributed by atoms with Gasteiger partial charge in [-0.1, -0.05) is 11.6 Å². The number of nitro benzene ring substituents is 1. The number of nitro groups is 1. The molecule has 0 spiro atoms. The molecule has 2 aromatic rings. The van der Waals surface area contributed by atoms with Crippen LogP contribution in [0.2, 0.25) is 5.02 Å². The van der Waals surface area contributed by atoms with E-state index < -0.39 is 4.92 Å². The summed E-state index contributed by atoms with van der Waals surface area (Å²) in [5.41, 5.74) is 0.336. The highest BCUT2D eigenvalue weighted by Gasteiger charge is 2.12. The number of hydrogen-bond acceptors (Lipinski definition) is 4. The summed E-state index contributed by atoms with van der Waals surface area (Å²) < 4.78 is 0. The molecule has 0 atom stereocenters. The van der Waals surface area contributed by atoms with E-state index in [4.69, 9.17) is 11.6 Å². The van der Waals surface area contributed by atoms with Crippen molar-refractivity contribution in [2.24, 2.45) is 0 Å². The molecule has 0 saturated carbocycles. The van der Waals surface area contributed by atoms with E-state index >= 15 is 0 Å². The minimum Gasteiger partial charge on any atom is -0.268 e. The van der Waals surface area contributed by atoms with E-state index in [0.717, 1.165) is 0 Å². The smallest absolute Gasteiger partial charge is 0.268 e. The number of aromatic nitrogens is 2. The first-order valence-electron chi connectivity index (χ1n) is 4.58. The van der Waals surface area contributed by atoms with Gasteiger partial charge in [0.05, 0.1) is 15.6 Å². The monoisotopic (exact) mass is 251 g/mol. The second-order valence-electron chi connectivity index (χ2n) is 3.23. The van der Waals surface area contributed by atoms with Crippen molar-refractivity contribution in [2.75, 3.05) is 0 Å². The molecular formula is C10H6ClN3O3. The lowest BCUT2D eigenvalue weighted by molar-refractivity contribution is -0.384. The maximum Gasteiger partial charge on any atom is 0.270 e. The van der Waals surface area contributed by atoms with Crippen LogP contribution in [0, 0.1) is 10.1 Å². The zero-order valence-electron chi connectivity index (χ0n) is 8.38. The molecule has 7 heteroatoms. The van der Waals surface area contributed by atoms with Crippen LogP contribution in [-0.2, 0) is 0 Å². The SMILES string of the molecule is O=c1ccc(-c2cc([N+](=O)[O-])ccc2Cl)n[nH]1. The van der Waals surface area contributed by atoms with Crippen molar-refractivity contribution in [3.63, 3.8) is 0 Å². The van der Waals surface area contributed by atoms with Crippen molar-refractivity contribution in [1.82, 2.24) is 10.2 Å². The molecular weight excluding hydrogens is 246 g/mol. The third-order valence-corrected chi connectivity index (χ3v) is 2.45. The minimum absolute atomic E-state index is 0.0857. The van der Waals surface area contributed by atoms with Crippen LogP contribution in [0.5, 0.6) is 0 Å². The van der Waals surface area contributed by atoms with Gasteiger partial charge in [0.1, 0.15) is 0 Å². The van der Waals surface area contributed by atoms with E-state index in [-0.39, 0.29) is 11.2 Å². The molecule has 1 aromatic heterocycles. The number of benzene rings is 1. The van der Waals surface area contributed by atoms with Gasteiger partial charge < -0.3 is 0 Å². The maximum atomic E-state index is 10.9. The zero-order valence-corrected chi connectivity index (χ0v) is 9.14. The molecule has 1 aromatic carbocycles. The first kappa shape index (κ1) is 11.3. The Labute approximate surface area is 100 Å². The van der Waals surface area contributed by atoms with Crippen molar-refractivity contribution in [1.29, 1.82) is 0 Å². The molecule has 2 rings (SSSR count). The van der Waals surface area contributed by atoms with E-state index in [1.807, 2.05) is 0 Å². The van der Waals surface area contributed by atoms with Crippen molar-refractivity contribution in [3.05, 3.63) is 55.8 Å². The fraction of sp³-hybridized carbons (Fsp3) is 0. The van der Waals surface area contributed by atoms with Gasteiger partial charge in [-0.2, -0.15) is 5.10 Å². The topological polar surface area (TPSA) is 88.9 Å². The largest absolute Gasteiger partial charge is 0.270 e. The first-order valence-corrected chi connectivity index (χ1v) is 4.96. The first-order chi connectivity index (χ1) is 8.08. The number of aromatic amines is 1. The third-order valence-electron chi connectivity index (χ3n) is 2.12. The van der Waals surface area contributed by atoms with Gasteiger partial charge in [0.25, 0.3) is 11.2 Å². The number of H-pyrrole nitrogens is 1. The summed E-state index contributed by atoms with van der Waals surface area (Å²) in [5.74, 6) is 0. The average molecular weight is 252 g/mol. The van der Waals surface area contributed by atoms with E-state index in [0.29, 0.717) is 16.3 Å². The Morgan fingerprint density at radius 1 is 1.29 bits per heavy atom. The second kappa shape index (κ2) is 4.34. The van der Waals surface area contributed by atoms with Crippen LogP contribution in [0.4, 0.5) is 5.69 Å². The van der Waals surface area contributed by atoms with Gasteiger partial charge in [-0.25, -0.2) is 5.10 Å². The van der Waals surface area contributed by atoms with Crippen LogP contribution in [0.3, 0.4) is 0 Å². The molecule has 0 aliphatic heterocycles. The van der Waals surface area contributed by atoms with Crippen LogP contribution in [0.25, 0.3) is 11.3 Å². The number of halogens is 1. The Balaban J connectivity index is 2.57. The summed E-state index contributed by atoms with van der Waals surface area (Å²) in [5, 5.41) is 17.0. The summed E-state index contributed by atoms with van der Waals surface area (Å²) >= 11 is 5.92. The molecule has 1 N–H and O–H groups in total. The van der Waals surface area contributed by atoms with Gasteiger partial charge in [-0.05, 0) is 12.1 Å². The Morgan fingerprint density at radius 2 is 2.06 bits per heavy atom. The maximum absolute atomic E-state index is 10.9. The number of non-ortho nitro benzene ring substituents is 1. The quantitative estimate of drug-likeness (QED) is 0.653.